The molecule has 142 valence electrons. The maximum atomic E-state index is 13.4. The topological polar surface area (TPSA) is 80.5 Å². The van der Waals surface area contributed by atoms with Crippen LogP contribution in [0.3, 0.4) is 0 Å². The highest BCUT2D eigenvalue weighted by Gasteiger charge is 2.40. The molecule has 0 spiro atoms. The molecule has 6 nitrogen and oxygen atoms in total. The minimum atomic E-state index is -3.98. The van der Waals surface area contributed by atoms with Crippen LogP contribution in [0.15, 0.2) is 54.0 Å². The van der Waals surface area contributed by atoms with Gasteiger partial charge in [0.1, 0.15) is 0 Å². The van der Waals surface area contributed by atoms with Crippen LogP contribution in [0.1, 0.15) is 45.4 Å². The fourth-order valence-electron chi connectivity index (χ4n) is 3.44. The summed E-state index contributed by atoms with van der Waals surface area (Å²) in [5, 5.41) is 11.3. The van der Waals surface area contributed by atoms with Gasteiger partial charge in [0.05, 0.1) is 4.92 Å². The Hall–Kier alpha value is -1.99. The highest BCUT2D eigenvalue weighted by atomic mass is 32.2. The molecular formula is C19H26N2O4S. The van der Waals surface area contributed by atoms with Crippen molar-refractivity contribution in [1.29, 1.82) is 0 Å². The molecule has 26 heavy (non-hydrogen) atoms. The Labute approximate surface area is 155 Å². The lowest BCUT2D eigenvalue weighted by Gasteiger charge is -2.38. The van der Waals surface area contributed by atoms with Gasteiger partial charge in [0.2, 0.25) is 0 Å². The third-order valence-corrected chi connectivity index (χ3v) is 6.63. The molecule has 1 aromatic rings. The highest BCUT2D eigenvalue weighted by Crippen LogP contribution is 2.34. The zero-order valence-electron chi connectivity index (χ0n) is 15.1. The molecule has 0 aliphatic carbocycles. The maximum Gasteiger partial charge on any atom is 0.289 e. The van der Waals surface area contributed by atoms with Crippen molar-refractivity contribution in [3.05, 3.63) is 59.2 Å². The van der Waals surface area contributed by atoms with E-state index in [1.165, 1.54) is 28.6 Å². The number of rotatable bonds is 9. The molecule has 0 fully saturated rings. The number of unbranched alkanes of at least 4 members (excludes halogenated alkanes) is 1. The van der Waals surface area contributed by atoms with Gasteiger partial charge in [-0.05, 0) is 38.2 Å². The van der Waals surface area contributed by atoms with Crippen LogP contribution in [0.2, 0.25) is 0 Å². The second-order valence-electron chi connectivity index (χ2n) is 6.45. The van der Waals surface area contributed by atoms with Gasteiger partial charge in [-0.15, -0.1) is 6.58 Å². The number of nitro benzene ring substituents is 1. The van der Waals surface area contributed by atoms with Crippen LogP contribution in [0.5, 0.6) is 0 Å². The molecule has 0 radical (unpaired) electrons. The summed E-state index contributed by atoms with van der Waals surface area (Å²) in [5.41, 5.74) is -0.373. The molecule has 0 aromatic heterocycles. The van der Waals surface area contributed by atoms with Crippen LogP contribution >= 0.6 is 0 Å². The largest absolute Gasteiger partial charge is 0.289 e. The van der Waals surface area contributed by atoms with E-state index < -0.39 is 14.9 Å². The molecule has 2 rings (SSSR count). The minimum absolute atomic E-state index is 0.177. The number of allylic oxidation sites excluding steroid dienone is 1. The first-order chi connectivity index (χ1) is 12.4. The Bertz CT molecular complexity index is 773. The van der Waals surface area contributed by atoms with E-state index in [-0.39, 0.29) is 22.7 Å². The predicted octanol–water partition coefficient (Wildman–Crippen LogP) is 4.44. The molecular weight excluding hydrogens is 352 g/mol. The monoisotopic (exact) mass is 378 g/mol. The Morgan fingerprint density at radius 1 is 1.35 bits per heavy atom. The van der Waals surface area contributed by atoms with Gasteiger partial charge in [-0.1, -0.05) is 43.7 Å². The van der Waals surface area contributed by atoms with Gasteiger partial charge in [0.15, 0.2) is 4.90 Å². The summed E-state index contributed by atoms with van der Waals surface area (Å²) in [7, 11) is -3.98. The number of nitrogens with zero attached hydrogens (tertiary/aromatic N) is 2. The van der Waals surface area contributed by atoms with E-state index in [0.29, 0.717) is 12.8 Å². The zero-order valence-corrected chi connectivity index (χ0v) is 15.9. The van der Waals surface area contributed by atoms with Gasteiger partial charge in [-0.2, -0.15) is 4.31 Å². The van der Waals surface area contributed by atoms with E-state index in [1.807, 2.05) is 25.2 Å². The molecule has 1 aromatic carbocycles. The number of sulfonamides is 1. The minimum Gasteiger partial charge on any atom is -0.258 e. The van der Waals surface area contributed by atoms with Crippen LogP contribution in [0, 0.1) is 10.1 Å². The van der Waals surface area contributed by atoms with Crippen molar-refractivity contribution in [2.45, 2.75) is 62.4 Å². The molecule has 0 amide bonds. The first-order valence-corrected chi connectivity index (χ1v) is 10.4. The highest BCUT2D eigenvalue weighted by molar-refractivity contribution is 7.89. The van der Waals surface area contributed by atoms with Gasteiger partial charge in [0.25, 0.3) is 15.7 Å². The van der Waals surface area contributed by atoms with E-state index >= 15 is 0 Å². The number of hydrogen-bond acceptors (Lipinski definition) is 4. The molecule has 1 aliphatic heterocycles. The lowest BCUT2D eigenvalue weighted by molar-refractivity contribution is -0.387. The predicted molar refractivity (Wildman–Crippen MR) is 102 cm³/mol. The maximum absolute atomic E-state index is 13.4. The summed E-state index contributed by atoms with van der Waals surface area (Å²) in [6, 6.07) is 5.12. The molecule has 0 saturated heterocycles. The number of hydrogen-bond donors (Lipinski definition) is 0. The smallest absolute Gasteiger partial charge is 0.258 e. The SMILES string of the molecule is C=CCCCC1C=CC[C@H](CCC)N1S(=O)(=O)c1ccccc1[N+](=O)[O-]. The Kier molecular flexibility index (Phi) is 7.11. The Morgan fingerprint density at radius 2 is 2.08 bits per heavy atom. The van der Waals surface area contributed by atoms with E-state index in [0.717, 1.165) is 25.7 Å². The summed E-state index contributed by atoms with van der Waals surface area (Å²) >= 11 is 0. The van der Waals surface area contributed by atoms with E-state index in [4.69, 9.17) is 0 Å². The van der Waals surface area contributed by atoms with Crippen molar-refractivity contribution in [2.75, 3.05) is 0 Å². The molecule has 1 aliphatic rings. The third kappa shape index (κ3) is 4.40. The first kappa shape index (κ1) is 20.3. The lowest BCUT2D eigenvalue weighted by atomic mass is 9.99. The summed E-state index contributed by atoms with van der Waals surface area (Å²) < 4.78 is 28.3. The summed E-state index contributed by atoms with van der Waals surface area (Å²) in [6.45, 7) is 5.72. The molecule has 1 heterocycles. The van der Waals surface area contributed by atoms with Crippen molar-refractivity contribution in [2.24, 2.45) is 0 Å². The van der Waals surface area contributed by atoms with Gasteiger partial charge >= 0.3 is 0 Å². The number of para-hydroxylation sites is 1. The Morgan fingerprint density at radius 3 is 2.73 bits per heavy atom. The second-order valence-corrected chi connectivity index (χ2v) is 8.26. The molecule has 0 saturated carbocycles. The van der Waals surface area contributed by atoms with Crippen molar-refractivity contribution < 1.29 is 13.3 Å². The van der Waals surface area contributed by atoms with Crippen molar-refractivity contribution in [3.63, 3.8) is 0 Å². The molecule has 0 bridgehead atoms. The normalized spacial score (nSPS) is 20.8. The van der Waals surface area contributed by atoms with Crippen LogP contribution in [-0.2, 0) is 10.0 Å². The molecule has 1 unspecified atom stereocenters. The summed E-state index contributed by atoms with van der Waals surface area (Å²) in [6.07, 6.45) is 10.3. The fraction of sp³-hybridized carbons (Fsp3) is 0.474. The van der Waals surface area contributed by atoms with Gasteiger partial charge in [-0.3, -0.25) is 10.1 Å². The second kappa shape index (κ2) is 9.09. The van der Waals surface area contributed by atoms with Gasteiger partial charge < -0.3 is 0 Å². The van der Waals surface area contributed by atoms with Gasteiger partial charge in [-0.25, -0.2) is 8.42 Å². The average molecular weight is 378 g/mol. The van der Waals surface area contributed by atoms with Crippen LogP contribution < -0.4 is 0 Å². The van der Waals surface area contributed by atoms with Crippen LogP contribution in [-0.4, -0.2) is 29.7 Å². The van der Waals surface area contributed by atoms with Gasteiger partial charge in [0, 0.05) is 18.2 Å². The average Bonchev–Trinajstić information content (AvgIpc) is 2.62. The van der Waals surface area contributed by atoms with E-state index in [9.17, 15) is 18.5 Å². The van der Waals surface area contributed by atoms with Crippen LogP contribution in [0.4, 0.5) is 5.69 Å². The summed E-state index contributed by atoms with van der Waals surface area (Å²) in [4.78, 5) is 10.5. The molecule has 2 atom stereocenters. The van der Waals surface area contributed by atoms with Crippen molar-refractivity contribution in [1.82, 2.24) is 4.31 Å². The van der Waals surface area contributed by atoms with E-state index in [1.54, 1.807) is 0 Å². The van der Waals surface area contributed by atoms with Crippen molar-refractivity contribution >= 4 is 15.7 Å². The third-order valence-electron chi connectivity index (χ3n) is 4.60. The molecule has 7 heteroatoms. The quantitative estimate of drug-likeness (QED) is 0.275. The number of benzene rings is 1. The van der Waals surface area contributed by atoms with Crippen molar-refractivity contribution in [3.8, 4) is 0 Å². The first-order valence-electron chi connectivity index (χ1n) is 8.98. The lowest BCUT2D eigenvalue weighted by Crippen LogP contribution is -2.48. The Balaban J connectivity index is 2.47. The van der Waals surface area contributed by atoms with Crippen LogP contribution in [0.25, 0.3) is 0 Å². The van der Waals surface area contributed by atoms with E-state index in [2.05, 4.69) is 6.58 Å². The standard InChI is InChI=1S/C19H26N2O4S/c1-3-5-6-11-17-13-9-12-16(10-4-2)20(17)26(24,25)19-15-8-7-14-18(19)21(22)23/h3,7-9,13-17H,1,4-6,10-12H2,2H3/t16-,17?/m0/s1. The fourth-order valence-corrected chi connectivity index (χ4v) is 5.44. The molecule has 0 N–H and O–H groups in total. The summed E-state index contributed by atoms with van der Waals surface area (Å²) in [5.74, 6) is 0. The number of nitro groups is 1. The zero-order chi connectivity index (χ0) is 19.2.